The van der Waals surface area contributed by atoms with Crippen molar-refractivity contribution in [2.75, 3.05) is 0 Å². The van der Waals surface area contributed by atoms with Gasteiger partial charge in [-0.3, -0.25) is 4.57 Å². The Morgan fingerprint density at radius 3 is 2.04 bits per heavy atom. The van der Waals surface area contributed by atoms with Gasteiger partial charge in [0.05, 0.1) is 5.69 Å². The van der Waals surface area contributed by atoms with Gasteiger partial charge in [0.2, 0.25) is 0 Å². The molecule has 2 nitrogen and oxygen atoms in total. The van der Waals surface area contributed by atoms with Gasteiger partial charge in [0.25, 0.3) is 0 Å². The van der Waals surface area contributed by atoms with Crippen molar-refractivity contribution < 1.29 is 8.78 Å². The van der Waals surface area contributed by atoms with E-state index in [1.54, 1.807) is 17.0 Å². The molecule has 5 heteroatoms. The number of aromatic nitrogens is 2. The molecule has 0 atom stereocenters. The summed E-state index contributed by atoms with van der Waals surface area (Å²) < 4.78 is 30.1. The first-order valence-electron chi connectivity index (χ1n) is 8.96. The summed E-state index contributed by atoms with van der Waals surface area (Å²) in [5.74, 6) is -0.961. The fraction of sp³-hybridized carbons (Fsp3) is 0.0870. The molecule has 0 bridgehead atoms. The molecule has 0 fully saturated rings. The van der Waals surface area contributed by atoms with E-state index in [4.69, 9.17) is 0 Å². The second-order valence-corrected chi connectivity index (χ2v) is 8.64. The molecule has 0 spiro atoms. The normalized spacial score (nSPS) is 11.2. The van der Waals surface area contributed by atoms with Crippen LogP contribution >= 0.6 is 7.92 Å². The fourth-order valence-corrected chi connectivity index (χ4v) is 5.88. The van der Waals surface area contributed by atoms with Crippen molar-refractivity contribution in [3.05, 3.63) is 102 Å². The van der Waals surface area contributed by atoms with Gasteiger partial charge in [0, 0.05) is 26.4 Å². The maximum Gasteiger partial charge on any atom is 0.147 e. The molecule has 0 saturated heterocycles. The Morgan fingerprint density at radius 1 is 0.821 bits per heavy atom. The zero-order valence-electron chi connectivity index (χ0n) is 15.6. The average Bonchev–Trinajstić information content (AvgIpc) is 3.16. The standard InChI is InChI=1S/C23H19F2N2P/c1-16-7-3-5-9-21(16)28(22-10-6-4-8-17(22)2)23-26-13-14-27(23)20-15-18(24)11-12-19(20)25/h3-15H,1-2H3. The number of aryl methyl sites for hydroxylation is 2. The molecule has 4 aromatic rings. The lowest BCUT2D eigenvalue weighted by Gasteiger charge is -2.23. The molecule has 1 heterocycles. The molecule has 0 unspecified atom stereocenters. The van der Waals surface area contributed by atoms with Crippen molar-refractivity contribution in [2.24, 2.45) is 0 Å². The molecular weight excluding hydrogens is 373 g/mol. The average molecular weight is 392 g/mol. The molecule has 28 heavy (non-hydrogen) atoms. The van der Waals surface area contributed by atoms with Crippen LogP contribution in [-0.4, -0.2) is 9.55 Å². The first-order valence-corrected chi connectivity index (χ1v) is 10.3. The summed E-state index contributed by atoms with van der Waals surface area (Å²) in [7, 11) is -1.05. The number of halogens is 2. The number of hydrogen-bond donors (Lipinski definition) is 0. The smallest absolute Gasteiger partial charge is 0.147 e. The Kier molecular flexibility index (Phi) is 5.06. The Bertz CT molecular complexity index is 1090. The summed E-state index contributed by atoms with van der Waals surface area (Å²) in [5.41, 5.74) is 3.17. The molecule has 0 amide bonds. The number of nitrogens with zero attached hydrogens (tertiary/aromatic N) is 2. The van der Waals surface area contributed by atoms with E-state index in [0.717, 1.165) is 33.9 Å². The van der Waals surface area contributed by atoms with Crippen molar-refractivity contribution in [1.29, 1.82) is 0 Å². The Morgan fingerprint density at radius 2 is 1.43 bits per heavy atom. The molecule has 0 radical (unpaired) electrons. The van der Waals surface area contributed by atoms with Crippen molar-refractivity contribution in [1.82, 2.24) is 9.55 Å². The van der Waals surface area contributed by atoms with Crippen LogP contribution in [-0.2, 0) is 0 Å². The van der Waals surface area contributed by atoms with Crippen LogP contribution in [0, 0.1) is 25.5 Å². The quantitative estimate of drug-likeness (QED) is 0.467. The van der Waals surface area contributed by atoms with Crippen LogP contribution in [0.2, 0.25) is 0 Å². The zero-order valence-corrected chi connectivity index (χ0v) is 16.5. The SMILES string of the molecule is Cc1ccccc1P(c1ccccc1C)c1nccn1-c1cc(F)ccc1F. The summed E-state index contributed by atoms with van der Waals surface area (Å²) in [4.78, 5) is 4.60. The molecule has 1 aromatic heterocycles. The van der Waals surface area contributed by atoms with Gasteiger partial charge in [-0.25, -0.2) is 13.8 Å². The van der Waals surface area contributed by atoms with E-state index in [2.05, 4.69) is 43.1 Å². The molecule has 0 N–H and O–H groups in total. The molecule has 0 aliphatic rings. The van der Waals surface area contributed by atoms with Gasteiger partial charge in [0.15, 0.2) is 0 Å². The summed E-state index contributed by atoms with van der Waals surface area (Å²) in [5, 5.41) is 2.30. The van der Waals surface area contributed by atoms with E-state index in [9.17, 15) is 8.78 Å². The second-order valence-electron chi connectivity index (χ2n) is 6.60. The Labute approximate surface area is 164 Å². The van der Waals surface area contributed by atoms with E-state index in [0.29, 0.717) is 5.57 Å². The maximum absolute atomic E-state index is 14.5. The van der Waals surface area contributed by atoms with Crippen molar-refractivity contribution in [2.45, 2.75) is 13.8 Å². The predicted molar refractivity (Wildman–Crippen MR) is 112 cm³/mol. The first-order chi connectivity index (χ1) is 13.6. The minimum Gasteiger partial charge on any atom is -0.297 e. The predicted octanol–water partition coefficient (Wildman–Crippen LogP) is 4.53. The van der Waals surface area contributed by atoms with Gasteiger partial charge in [-0.1, -0.05) is 48.5 Å². The van der Waals surface area contributed by atoms with Crippen LogP contribution in [0.25, 0.3) is 5.69 Å². The third-order valence-electron chi connectivity index (χ3n) is 4.70. The number of imidazole rings is 1. The largest absolute Gasteiger partial charge is 0.297 e. The highest BCUT2D eigenvalue weighted by molar-refractivity contribution is 7.79. The van der Waals surface area contributed by atoms with Crippen LogP contribution in [0.15, 0.2) is 79.1 Å². The monoisotopic (exact) mass is 392 g/mol. The maximum atomic E-state index is 14.5. The van der Waals surface area contributed by atoms with Gasteiger partial charge in [0.1, 0.15) is 17.2 Å². The zero-order chi connectivity index (χ0) is 19.7. The number of benzene rings is 3. The van der Waals surface area contributed by atoms with Crippen LogP contribution in [0.1, 0.15) is 11.1 Å². The van der Waals surface area contributed by atoms with Crippen LogP contribution in [0.3, 0.4) is 0 Å². The fourth-order valence-electron chi connectivity index (χ4n) is 3.29. The molecule has 0 aliphatic heterocycles. The molecular formula is C23H19F2N2P. The minimum absolute atomic E-state index is 0.169. The topological polar surface area (TPSA) is 17.8 Å². The van der Waals surface area contributed by atoms with Gasteiger partial charge in [-0.05, 0) is 47.7 Å². The van der Waals surface area contributed by atoms with Gasteiger partial charge < -0.3 is 0 Å². The summed E-state index contributed by atoms with van der Waals surface area (Å²) in [6.07, 6.45) is 3.34. The number of rotatable bonds is 4. The lowest BCUT2D eigenvalue weighted by atomic mass is 10.2. The molecule has 140 valence electrons. The summed E-state index contributed by atoms with van der Waals surface area (Å²) in [6, 6.07) is 19.8. The highest BCUT2D eigenvalue weighted by atomic mass is 31.1. The van der Waals surface area contributed by atoms with Crippen molar-refractivity contribution in [3.8, 4) is 5.69 Å². The molecule has 0 aliphatic carbocycles. The Hall–Kier alpha value is -2.84. The van der Waals surface area contributed by atoms with Gasteiger partial charge in [-0.2, -0.15) is 0 Å². The first kappa shape index (κ1) is 18.5. The lowest BCUT2D eigenvalue weighted by Crippen LogP contribution is -2.29. The summed E-state index contributed by atoms with van der Waals surface area (Å²) in [6.45, 7) is 4.14. The minimum atomic E-state index is -1.05. The van der Waals surface area contributed by atoms with E-state index < -0.39 is 19.6 Å². The van der Waals surface area contributed by atoms with Crippen LogP contribution in [0.4, 0.5) is 8.78 Å². The number of hydrogen-bond acceptors (Lipinski definition) is 1. The van der Waals surface area contributed by atoms with Crippen LogP contribution < -0.4 is 16.2 Å². The van der Waals surface area contributed by atoms with E-state index in [1.165, 1.54) is 6.07 Å². The van der Waals surface area contributed by atoms with Crippen molar-refractivity contribution in [3.63, 3.8) is 0 Å². The van der Waals surface area contributed by atoms with E-state index in [1.807, 2.05) is 24.3 Å². The third-order valence-corrected chi connectivity index (χ3v) is 7.40. The molecule has 4 rings (SSSR count). The molecule has 0 saturated carbocycles. The lowest BCUT2D eigenvalue weighted by molar-refractivity contribution is 0.593. The second kappa shape index (κ2) is 7.65. The van der Waals surface area contributed by atoms with E-state index in [-0.39, 0.29) is 5.69 Å². The van der Waals surface area contributed by atoms with Crippen molar-refractivity contribution >= 4 is 24.1 Å². The van der Waals surface area contributed by atoms with Gasteiger partial charge >= 0.3 is 0 Å². The summed E-state index contributed by atoms with van der Waals surface area (Å²) >= 11 is 0. The van der Waals surface area contributed by atoms with Gasteiger partial charge in [-0.15, -0.1) is 0 Å². The highest BCUT2D eigenvalue weighted by Crippen LogP contribution is 2.35. The van der Waals surface area contributed by atoms with E-state index >= 15 is 0 Å². The highest BCUT2D eigenvalue weighted by Gasteiger charge is 2.25. The third kappa shape index (κ3) is 3.36. The van der Waals surface area contributed by atoms with Crippen LogP contribution in [0.5, 0.6) is 0 Å². The Balaban J connectivity index is 1.98. The molecule has 3 aromatic carbocycles.